The Morgan fingerprint density at radius 2 is 1.71 bits per heavy atom. The molecule has 3 aromatic rings. The second-order valence-electron chi connectivity index (χ2n) is 9.89. The molecule has 202 valence electrons. The molecule has 3 rings (SSSR count). The van der Waals surface area contributed by atoms with E-state index < -0.39 is 17.7 Å². The van der Waals surface area contributed by atoms with Crippen molar-refractivity contribution in [1.82, 2.24) is 15.6 Å². The Labute approximate surface area is 223 Å². The van der Waals surface area contributed by atoms with Gasteiger partial charge in [0.2, 0.25) is 11.8 Å². The van der Waals surface area contributed by atoms with Crippen molar-refractivity contribution in [2.24, 2.45) is 0 Å². The summed E-state index contributed by atoms with van der Waals surface area (Å²) in [6.45, 7) is 6.05. The summed E-state index contributed by atoms with van der Waals surface area (Å²) in [6, 6.07) is 18.1. The quantitative estimate of drug-likeness (QED) is 0.301. The molecule has 1 aromatic heterocycles. The van der Waals surface area contributed by atoms with Crippen molar-refractivity contribution in [1.29, 1.82) is 0 Å². The summed E-state index contributed by atoms with van der Waals surface area (Å²) >= 11 is 0. The molecule has 1 heterocycles. The van der Waals surface area contributed by atoms with Gasteiger partial charge in [-0.25, -0.2) is 4.79 Å². The van der Waals surface area contributed by atoms with Crippen LogP contribution in [0.2, 0.25) is 0 Å². The number of rotatable bonds is 12. The number of carbonyl (C=O) groups is 3. The monoisotopic (exact) mass is 520 g/mol. The number of benzene rings is 2. The van der Waals surface area contributed by atoms with Gasteiger partial charge in [0.25, 0.3) is 0 Å². The van der Waals surface area contributed by atoms with Crippen LogP contribution in [0, 0.1) is 0 Å². The summed E-state index contributed by atoms with van der Waals surface area (Å²) in [7, 11) is 0. The molecule has 1 atom stereocenters. The van der Waals surface area contributed by atoms with Gasteiger partial charge in [-0.15, -0.1) is 0 Å². The van der Waals surface area contributed by atoms with Gasteiger partial charge in [0.15, 0.2) is 0 Å². The Hall–Kier alpha value is -3.98. The number of amides is 3. The van der Waals surface area contributed by atoms with Crippen LogP contribution in [0.5, 0.6) is 0 Å². The van der Waals surface area contributed by atoms with Crippen molar-refractivity contribution >= 4 is 34.5 Å². The predicted molar refractivity (Wildman–Crippen MR) is 146 cm³/mol. The number of pyridine rings is 1. The average Bonchev–Trinajstić information content (AvgIpc) is 2.87. The zero-order chi connectivity index (χ0) is 27.4. The lowest BCUT2D eigenvalue weighted by molar-refractivity contribution is -0.126. The highest BCUT2D eigenvalue weighted by molar-refractivity contribution is 6.03. The molecule has 0 bridgehead atoms. The standard InChI is InChI=1S/C29H36N4O5/c1-29(2,3)38-28(36)33-24(27(35)32-23-16-9-13-22-14-10-18-31-26(22)23)15-7-8-17-30-25(34)20-37-19-21-11-5-4-6-12-21/h4-6,9-14,16,18,24H,7-8,15,17,19-20H2,1-3H3,(H,30,34)(H,32,35)(H,33,36). The SMILES string of the molecule is CC(C)(C)OC(=O)NC(CCCCNC(=O)COCc1ccccc1)C(=O)Nc1cccc2cccnc12. The fourth-order valence-corrected chi connectivity index (χ4v) is 3.73. The molecule has 38 heavy (non-hydrogen) atoms. The number of para-hydroxylation sites is 1. The smallest absolute Gasteiger partial charge is 0.408 e. The van der Waals surface area contributed by atoms with Gasteiger partial charge in [-0.3, -0.25) is 14.6 Å². The van der Waals surface area contributed by atoms with Gasteiger partial charge in [-0.1, -0.05) is 48.5 Å². The Morgan fingerprint density at radius 3 is 2.47 bits per heavy atom. The zero-order valence-electron chi connectivity index (χ0n) is 22.2. The number of carbonyl (C=O) groups excluding carboxylic acids is 3. The molecular weight excluding hydrogens is 484 g/mol. The minimum atomic E-state index is -0.825. The highest BCUT2D eigenvalue weighted by Gasteiger charge is 2.24. The van der Waals surface area contributed by atoms with Crippen LogP contribution in [0.1, 0.15) is 45.6 Å². The Bertz CT molecular complexity index is 1210. The first-order valence-corrected chi connectivity index (χ1v) is 12.7. The molecule has 0 saturated heterocycles. The summed E-state index contributed by atoms with van der Waals surface area (Å²) in [5, 5.41) is 9.29. The predicted octanol–water partition coefficient (Wildman–Crippen LogP) is 4.57. The first-order valence-electron chi connectivity index (χ1n) is 12.7. The van der Waals surface area contributed by atoms with Gasteiger partial charge in [-0.05, 0) is 57.7 Å². The number of nitrogens with one attached hydrogen (secondary N) is 3. The number of ether oxygens (including phenoxy) is 2. The highest BCUT2D eigenvalue weighted by atomic mass is 16.6. The normalized spacial score (nSPS) is 12.0. The number of alkyl carbamates (subject to hydrolysis) is 1. The Balaban J connectivity index is 1.49. The van der Waals surface area contributed by atoms with Crippen molar-refractivity contribution in [2.75, 3.05) is 18.5 Å². The van der Waals surface area contributed by atoms with Crippen molar-refractivity contribution < 1.29 is 23.9 Å². The molecule has 3 N–H and O–H groups in total. The van der Waals surface area contributed by atoms with Crippen LogP contribution < -0.4 is 16.0 Å². The molecule has 9 nitrogen and oxygen atoms in total. The van der Waals surface area contributed by atoms with Crippen LogP contribution in [0.4, 0.5) is 10.5 Å². The van der Waals surface area contributed by atoms with Crippen molar-refractivity contribution in [3.8, 4) is 0 Å². The van der Waals surface area contributed by atoms with Crippen LogP contribution in [0.15, 0.2) is 66.9 Å². The second kappa shape index (κ2) is 14.1. The molecule has 0 aliphatic carbocycles. The number of hydrogen-bond donors (Lipinski definition) is 3. The van der Waals surface area contributed by atoms with E-state index in [0.29, 0.717) is 43.6 Å². The molecule has 0 radical (unpaired) electrons. The summed E-state index contributed by atoms with van der Waals surface area (Å²) in [4.78, 5) is 42.0. The maximum absolute atomic E-state index is 13.2. The number of aromatic nitrogens is 1. The molecule has 9 heteroatoms. The van der Waals surface area contributed by atoms with E-state index in [1.54, 1.807) is 33.0 Å². The first-order chi connectivity index (χ1) is 18.2. The molecule has 1 unspecified atom stereocenters. The third kappa shape index (κ3) is 9.82. The van der Waals surface area contributed by atoms with E-state index in [4.69, 9.17) is 9.47 Å². The molecule has 0 spiro atoms. The summed E-state index contributed by atoms with van der Waals surface area (Å²) in [5.41, 5.74) is 1.53. The molecule has 0 saturated carbocycles. The first kappa shape index (κ1) is 28.6. The van der Waals surface area contributed by atoms with Crippen LogP contribution in [-0.2, 0) is 25.7 Å². The summed E-state index contributed by atoms with van der Waals surface area (Å²) < 4.78 is 10.8. The van der Waals surface area contributed by atoms with E-state index in [-0.39, 0.29) is 18.4 Å². The number of anilines is 1. The van der Waals surface area contributed by atoms with Crippen molar-refractivity contribution in [3.63, 3.8) is 0 Å². The number of hydrogen-bond acceptors (Lipinski definition) is 6. The van der Waals surface area contributed by atoms with Gasteiger partial charge >= 0.3 is 6.09 Å². The maximum atomic E-state index is 13.2. The number of nitrogens with zero attached hydrogens (tertiary/aromatic N) is 1. The summed E-state index contributed by atoms with van der Waals surface area (Å²) in [6.07, 6.45) is 2.57. The third-order valence-corrected chi connectivity index (χ3v) is 5.48. The maximum Gasteiger partial charge on any atom is 0.408 e. The number of unbranched alkanes of at least 4 members (excludes halogenated alkanes) is 1. The van der Waals surface area contributed by atoms with Gasteiger partial charge in [0.05, 0.1) is 17.8 Å². The molecule has 3 amide bonds. The lowest BCUT2D eigenvalue weighted by Gasteiger charge is -2.23. The van der Waals surface area contributed by atoms with E-state index in [1.165, 1.54) is 0 Å². The molecular formula is C29H36N4O5. The molecule has 2 aromatic carbocycles. The lowest BCUT2D eigenvalue weighted by Crippen LogP contribution is -2.45. The minimum absolute atomic E-state index is 0.0286. The van der Waals surface area contributed by atoms with E-state index >= 15 is 0 Å². The van der Waals surface area contributed by atoms with Crippen molar-refractivity contribution in [2.45, 2.75) is 58.3 Å². The zero-order valence-corrected chi connectivity index (χ0v) is 22.2. The van der Waals surface area contributed by atoms with E-state index in [0.717, 1.165) is 10.9 Å². The van der Waals surface area contributed by atoms with Crippen LogP contribution in [-0.4, -0.2) is 47.7 Å². The molecule has 0 aliphatic rings. The van der Waals surface area contributed by atoms with Crippen LogP contribution in [0.3, 0.4) is 0 Å². The van der Waals surface area contributed by atoms with Gasteiger partial charge in [0, 0.05) is 18.1 Å². The third-order valence-electron chi connectivity index (χ3n) is 5.48. The van der Waals surface area contributed by atoms with Gasteiger partial charge in [-0.2, -0.15) is 0 Å². The van der Waals surface area contributed by atoms with Crippen LogP contribution in [0.25, 0.3) is 10.9 Å². The van der Waals surface area contributed by atoms with E-state index in [1.807, 2.05) is 54.6 Å². The Kier molecular flexibility index (Phi) is 10.6. The minimum Gasteiger partial charge on any atom is -0.444 e. The highest BCUT2D eigenvalue weighted by Crippen LogP contribution is 2.21. The molecule has 0 aliphatic heterocycles. The Morgan fingerprint density at radius 1 is 0.947 bits per heavy atom. The topological polar surface area (TPSA) is 119 Å². The van der Waals surface area contributed by atoms with Gasteiger partial charge < -0.3 is 25.4 Å². The summed E-state index contributed by atoms with van der Waals surface area (Å²) in [5.74, 6) is -0.571. The van der Waals surface area contributed by atoms with E-state index in [2.05, 4.69) is 20.9 Å². The average molecular weight is 521 g/mol. The fraction of sp³-hybridized carbons (Fsp3) is 0.379. The second-order valence-corrected chi connectivity index (χ2v) is 9.89. The largest absolute Gasteiger partial charge is 0.444 e. The van der Waals surface area contributed by atoms with Crippen molar-refractivity contribution in [3.05, 3.63) is 72.4 Å². The molecule has 0 fully saturated rings. The lowest BCUT2D eigenvalue weighted by atomic mass is 10.1. The van der Waals surface area contributed by atoms with E-state index in [9.17, 15) is 14.4 Å². The van der Waals surface area contributed by atoms with Gasteiger partial charge in [0.1, 0.15) is 18.2 Å². The number of fused-ring (bicyclic) bond motifs is 1. The fourth-order valence-electron chi connectivity index (χ4n) is 3.73. The van der Waals surface area contributed by atoms with Crippen LogP contribution >= 0.6 is 0 Å².